The molecule has 1 aliphatic rings. The number of carbonyl (C=O) groups excluding carboxylic acids is 1. The Balaban J connectivity index is 2.46. The molecular formula is C15H19NO3. The Bertz CT molecular complexity index is 524. The molecule has 1 aromatic carbocycles. The zero-order chi connectivity index (χ0) is 14.2. The van der Waals surface area contributed by atoms with E-state index >= 15 is 0 Å². The number of piperidine rings is 1. The smallest absolute Gasteiger partial charge is 0.308 e. The first-order valence-electron chi connectivity index (χ1n) is 6.47. The van der Waals surface area contributed by atoms with E-state index in [9.17, 15) is 14.7 Å². The number of hydrogen-bond acceptors (Lipinski definition) is 2. The summed E-state index contributed by atoms with van der Waals surface area (Å²) in [5, 5.41) is 9.38. The fraction of sp³-hybridized carbons (Fsp3) is 0.467. The Hall–Kier alpha value is -1.84. The van der Waals surface area contributed by atoms with Crippen LogP contribution in [0.1, 0.15) is 35.6 Å². The minimum absolute atomic E-state index is 0.0162. The maximum Gasteiger partial charge on any atom is 0.308 e. The van der Waals surface area contributed by atoms with Crippen molar-refractivity contribution in [3.63, 3.8) is 0 Å². The van der Waals surface area contributed by atoms with Gasteiger partial charge < -0.3 is 10.0 Å². The Morgan fingerprint density at radius 2 is 2.05 bits per heavy atom. The summed E-state index contributed by atoms with van der Waals surface area (Å²) >= 11 is 0. The zero-order valence-electron chi connectivity index (χ0n) is 11.5. The number of nitrogens with zero attached hydrogens (tertiary/aromatic N) is 1. The van der Waals surface area contributed by atoms with Gasteiger partial charge in [-0.1, -0.05) is 23.8 Å². The minimum atomic E-state index is -0.829. The number of amides is 1. The second-order valence-electron chi connectivity index (χ2n) is 5.29. The lowest BCUT2D eigenvalue weighted by atomic mass is 9.83. The summed E-state index contributed by atoms with van der Waals surface area (Å²) in [6.07, 6.45) is 0.728. The molecule has 2 rings (SSSR count). The van der Waals surface area contributed by atoms with E-state index in [1.54, 1.807) is 11.9 Å². The van der Waals surface area contributed by atoms with Gasteiger partial charge in [-0.15, -0.1) is 0 Å². The fourth-order valence-electron chi connectivity index (χ4n) is 2.88. The van der Waals surface area contributed by atoms with Crippen LogP contribution in [0.4, 0.5) is 0 Å². The first-order chi connectivity index (χ1) is 8.91. The molecule has 102 valence electrons. The lowest BCUT2D eigenvalue weighted by Gasteiger charge is -2.38. The summed E-state index contributed by atoms with van der Waals surface area (Å²) in [5.41, 5.74) is 3.12. The molecule has 0 radical (unpaired) electrons. The Kier molecular flexibility index (Phi) is 3.60. The molecule has 1 aliphatic heterocycles. The summed E-state index contributed by atoms with van der Waals surface area (Å²) in [4.78, 5) is 24.9. The minimum Gasteiger partial charge on any atom is -0.481 e. The second-order valence-corrected chi connectivity index (χ2v) is 5.29. The van der Waals surface area contributed by atoms with Gasteiger partial charge in [-0.3, -0.25) is 9.59 Å². The van der Waals surface area contributed by atoms with Crippen molar-refractivity contribution in [3.8, 4) is 0 Å². The van der Waals surface area contributed by atoms with Crippen molar-refractivity contribution in [2.75, 3.05) is 7.05 Å². The van der Waals surface area contributed by atoms with Crippen molar-refractivity contribution in [1.29, 1.82) is 0 Å². The first-order valence-corrected chi connectivity index (χ1v) is 6.47. The Morgan fingerprint density at radius 1 is 1.37 bits per heavy atom. The van der Waals surface area contributed by atoms with Gasteiger partial charge in [0, 0.05) is 13.5 Å². The monoisotopic (exact) mass is 261 g/mol. The van der Waals surface area contributed by atoms with E-state index in [4.69, 9.17) is 0 Å². The van der Waals surface area contributed by atoms with Crippen LogP contribution in [0.5, 0.6) is 0 Å². The highest BCUT2D eigenvalue weighted by atomic mass is 16.4. The van der Waals surface area contributed by atoms with E-state index in [0.717, 1.165) is 16.7 Å². The number of carboxylic acid groups (broad SMARTS) is 1. The van der Waals surface area contributed by atoms with Crippen LogP contribution in [0.25, 0.3) is 0 Å². The quantitative estimate of drug-likeness (QED) is 0.888. The van der Waals surface area contributed by atoms with Gasteiger partial charge in [-0.2, -0.15) is 0 Å². The number of carboxylic acids is 1. The number of hydrogen-bond donors (Lipinski definition) is 1. The zero-order valence-corrected chi connectivity index (χ0v) is 11.5. The van der Waals surface area contributed by atoms with Crippen LogP contribution in [0, 0.1) is 19.8 Å². The second kappa shape index (κ2) is 5.03. The number of aliphatic carboxylic acids is 1. The number of benzene rings is 1. The van der Waals surface area contributed by atoms with Crippen LogP contribution in [0.15, 0.2) is 18.2 Å². The molecule has 0 spiro atoms. The van der Waals surface area contributed by atoms with E-state index in [0.29, 0.717) is 12.8 Å². The maximum absolute atomic E-state index is 11.9. The van der Waals surface area contributed by atoms with Crippen LogP contribution in [0.2, 0.25) is 0 Å². The predicted molar refractivity (Wildman–Crippen MR) is 71.8 cm³/mol. The third-order valence-electron chi connectivity index (χ3n) is 3.92. The number of aryl methyl sites for hydroxylation is 2. The third kappa shape index (κ3) is 2.48. The number of rotatable bonds is 2. The summed E-state index contributed by atoms with van der Waals surface area (Å²) in [5.74, 6) is -1.34. The van der Waals surface area contributed by atoms with Crippen molar-refractivity contribution in [1.82, 2.24) is 4.90 Å². The molecule has 1 saturated heterocycles. The average Bonchev–Trinajstić information content (AvgIpc) is 2.33. The van der Waals surface area contributed by atoms with Crippen LogP contribution in [-0.4, -0.2) is 28.9 Å². The normalized spacial score (nSPS) is 23.5. The van der Waals surface area contributed by atoms with Crippen molar-refractivity contribution < 1.29 is 14.7 Å². The molecule has 4 heteroatoms. The SMILES string of the molecule is Cc1ccc(C2C(C(=O)O)CCC(=O)N2C)c(C)c1. The summed E-state index contributed by atoms with van der Waals surface area (Å²) < 4.78 is 0. The van der Waals surface area contributed by atoms with E-state index in [1.165, 1.54) is 0 Å². The topological polar surface area (TPSA) is 57.6 Å². The molecule has 2 unspecified atom stereocenters. The van der Waals surface area contributed by atoms with E-state index in [-0.39, 0.29) is 11.9 Å². The summed E-state index contributed by atoms with van der Waals surface area (Å²) in [7, 11) is 1.70. The van der Waals surface area contributed by atoms with Gasteiger partial charge in [-0.25, -0.2) is 0 Å². The fourth-order valence-corrected chi connectivity index (χ4v) is 2.88. The average molecular weight is 261 g/mol. The van der Waals surface area contributed by atoms with Gasteiger partial charge in [0.1, 0.15) is 0 Å². The van der Waals surface area contributed by atoms with E-state index in [2.05, 4.69) is 0 Å². The molecule has 0 saturated carbocycles. The van der Waals surface area contributed by atoms with Crippen molar-refractivity contribution in [2.24, 2.45) is 5.92 Å². The molecule has 2 atom stereocenters. The van der Waals surface area contributed by atoms with Crippen LogP contribution in [-0.2, 0) is 9.59 Å². The molecule has 0 aliphatic carbocycles. The molecule has 1 amide bonds. The molecule has 1 N–H and O–H groups in total. The Labute approximate surface area is 113 Å². The lowest BCUT2D eigenvalue weighted by molar-refractivity contribution is -0.150. The lowest BCUT2D eigenvalue weighted by Crippen LogP contribution is -2.43. The molecule has 1 fully saturated rings. The highest BCUT2D eigenvalue weighted by Gasteiger charge is 2.39. The highest BCUT2D eigenvalue weighted by Crippen LogP contribution is 2.37. The van der Waals surface area contributed by atoms with Crippen molar-refractivity contribution in [2.45, 2.75) is 32.7 Å². The van der Waals surface area contributed by atoms with Gasteiger partial charge in [0.15, 0.2) is 0 Å². The van der Waals surface area contributed by atoms with E-state index in [1.807, 2.05) is 32.0 Å². The van der Waals surface area contributed by atoms with Gasteiger partial charge in [0.05, 0.1) is 12.0 Å². The van der Waals surface area contributed by atoms with Gasteiger partial charge in [0.25, 0.3) is 0 Å². The summed E-state index contributed by atoms with van der Waals surface area (Å²) in [6.45, 7) is 3.97. The van der Waals surface area contributed by atoms with Crippen molar-refractivity contribution in [3.05, 3.63) is 34.9 Å². The van der Waals surface area contributed by atoms with Gasteiger partial charge in [0.2, 0.25) is 5.91 Å². The standard InChI is InChI=1S/C15H19NO3/c1-9-4-5-11(10(2)8-9)14-12(15(18)19)6-7-13(17)16(14)3/h4-5,8,12,14H,6-7H2,1-3H3,(H,18,19). The molecule has 1 heterocycles. The predicted octanol–water partition coefficient (Wildman–Crippen LogP) is 2.30. The Morgan fingerprint density at radius 3 is 2.63 bits per heavy atom. The number of carbonyl (C=O) groups is 2. The van der Waals surface area contributed by atoms with Crippen LogP contribution < -0.4 is 0 Å². The van der Waals surface area contributed by atoms with Crippen molar-refractivity contribution >= 4 is 11.9 Å². The molecule has 1 aromatic rings. The molecule has 19 heavy (non-hydrogen) atoms. The van der Waals surface area contributed by atoms with Crippen LogP contribution >= 0.6 is 0 Å². The first kappa shape index (κ1) is 13.6. The summed E-state index contributed by atoms with van der Waals surface area (Å²) in [6, 6.07) is 5.58. The molecule has 4 nitrogen and oxygen atoms in total. The van der Waals surface area contributed by atoms with Crippen LogP contribution in [0.3, 0.4) is 0 Å². The van der Waals surface area contributed by atoms with Gasteiger partial charge >= 0.3 is 5.97 Å². The van der Waals surface area contributed by atoms with E-state index < -0.39 is 11.9 Å². The molecular weight excluding hydrogens is 242 g/mol. The third-order valence-corrected chi connectivity index (χ3v) is 3.92. The highest BCUT2D eigenvalue weighted by molar-refractivity contribution is 5.81. The van der Waals surface area contributed by atoms with Gasteiger partial charge in [-0.05, 0) is 31.4 Å². The largest absolute Gasteiger partial charge is 0.481 e. The molecule has 0 aromatic heterocycles. The number of likely N-dealkylation sites (tertiary alicyclic amines) is 1. The maximum atomic E-state index is 11.9. The molecule has 0 bridgehead atoms.